The first-order valence-electron chi connectivity index (χ1n) is 11.8. The lowest BCUT2D eigenvalue weighted by Gasteiger charge is -2.20. The lowest BCUT2D eigenvalue weighted by molar-refractivity contribution is 0.530. The van der Waals surface area contributed by atoms with Crippen LogP contribution < -0.4 is 4.90 Å². The van der Waals surface area contributed by atoms with Crippen molar-refractivity contribution in [3.8, 4) is 10.4 Å². The molecule has 3 heterocycles. The molecule has 1 N–H and O–H groups in total. The predicted octanol–water partition coefficient (Wildman–Crippen LogP) is 7.16. The SMILES string of the molecule is C=C/C(=C\C(=C/C)c1ccc(N(C)C)c(C(=C)c2nc3c(-c4ccc(C)s4)cncc3[nH]2)c1)N(C)C. The van der Waals surface area contributed by atoms with Crippen LogP contribution in [0.2, 0.25) is 0 Å². The number of nitrogens with zero attached hydrogens (tertiary/aromatic N) is 4. The van der Waals surface area contributed by atoms with Gasteiger partial charge in [0.1, 0.15) is 11.3 Å². The first kappa shape index (κ1) is 25.2. The average Bonchev–Trinajstić information content (AvgIpc) is 3.49. The second kappa shape index (κ2) is 10.4. The smallest absolute Gasteiger partial charge is 0.138 e. The van der Waals surface area contributed by atoms with Crippen molar-refractivity contribution in [3.05, 3.63) is 102 Å². The van der Waals surface area contributed by atoms with Crippen molar-refractivity contribution in [1.29, 1.82) is 0 Å². The Morgan fingerprint density at radius 1 is 1.08 bits per heavy atom. The summed E-state index contributed by atoms with van der Waals surface area (Å²) < 4.78 is 0. The van der Waals surface area contributed by atoms with E-state index < -0.39 is 0 Å². The van der Waals surface area contributed by atoms with Crippen molar-refractivity contribution in [1.82, 2.24) is 19.9 Å². The van der Waals surface area contributed by atoms with Crippen molar-refractivity contribution >= 4 is 39.2 Å². The Morgan fingerprint density at radius 2 is 1.86 bits per heavy atom. The van der Waals surface area contributed by atoms with Crippen molar-refractivity contribution in [2.45, 2.75) is 13.8 Å². The summed E-state index contributed by atoms with van der Waals surface area (Å²) in [7, 11) is 8.13. The number of aromatic amines is 1. The van der Waals surface area contributed by atoms with Gasteiger partial charge in [0, 0.05) is 72.2 Å². The van der Waals surface area contributed by atoms with E-state index in [1.807, 2.05) is 46.7 Å². The zero-order valence-electron chi connectivity index (χ0n) is 21.9. The summed E-state index contributed by atoms with van der Waals surface area (Å²) in [4.78, 5) is 19.5. The minimum absolute atomic E-state index is 0.741. The van der Waals surface area contributed by atoms with Gasteiger partial charge in [-0.2, -0.15) is 0 Å². The zero-order chi connectivity index (χ0) is 26.0. The number of hydrogen-bond donors (Lipinski definition) is 1. The number of aromatic nitrogens is 3. The summed E-state index contributed by atoms with van der Waals surface area (Å²) in [6, 6.07) is 10.7. The number of benzene rings is 1. The van der Waals surface area contributed by atoms with Crippen LogP contribution in [0, 0.1) is 6.92 Å². The molecule has 184 valence electrons. The van der Waals surface area contributed by atoms with Gasteiger partial charge in [-0.3, -0.25) is 4.98 Å². The highest BCUT2D eigenvalue weighted by atomic mass is 32.1. The van der Waals surface area contributed by atoms with Crippen LogP contribution in [-0.2, 0) is 0 Å². The molecule has 0 fully saturated rings. The highest BCUT2D eigenvalue weighted by molar-refractivity contribution is 7.15. The van der Waals surface area contributed by atoms with Crippen LogP contribution in [0.4, 0.5) is 5.69 Å². The van der Waals surface area contributed by atoms with Gasteiger partial charge < -0.3 is 14.8 Å². The molecule has 0 radical (unpaired) electrons. The van der Waals surface area contributed by atoms with Crippen LogP contribution in [0.1, 0.15) is 28.8 Å². The minimum Gasteiger partial charge on any atom is -0.378 e. The Hall–Kier alpha value is -3.90. The number of pyridine rings is 1. The Balaban J connectivity index is 1.82. The first-order valence-corrected chi connectivity index (χ1v) is 12.6. The number of hydrogen-bond acceptors (Lipinski definition) is 5. The van der Waals surface area contributed by atoms with Crippen LogP contribution >= 0.6 is 11.3 Å². The maximum Gasteiger partial charge on any atom is 0.138 e. The second-order valence-electron chi connectivity index (χ2n) is 9.10. The highest BCUT2D eigenvalue weighted by Crippen LogP contribution is 2.36. The highest BCUT2D eigenvalue weighted by Gasteiger charge is 2.17. The summed E-state index contributed by atoms with van der Waals surface area (Å²) in [6.45, 7) is 12.6. The summed E-state index contributed by atoms with van der Waals surface area (Å²) >= 11 is 1.75. The molecule has 0 aliphatic carbocycles. The summed E-state index contributed by atoms with van der Waals surface area (Å²) in [5.41, 5.74) is 9.03. The lowest BCUT2D eigenvalue weighted by Crippen LogP contribution is -2.12. The molecule has 0 bridgehead atoms. The fourth-order valence-corrected chi connectivity index (χ4v) is 5.05. The topological polar surface area (TPSA) is 48.1 Å². The Bertz CT molecular complexity index is 1500. The molecule has 0 atom stereocenters. The van der Waals surface area contributed by atoms with E-state index in [2.05, 4.69) is 89.3 Å². The number of anilines is 1. The molecule has 0 aliphatic rings. The van der Waals surface area contributed by atoms with Crippen molar-refractivity contribution < 1.29 is 0 Å². The number of aryl methyl sites for hydroxylation is 1. The molecular formula is C30H33N5S. The van der Waals surface area contributed by atoms with Crippen LogP contribution in [0.5, 0.6) is 0 Å². The van der Waals surface area contributed by atoms with E-state index >= 15 is 0 Å². The van der Waals surface area contributed by atoms with Gasteiger partial charge in [-0.15, -0.1) is 11.3 Å². The number of rotatable bonds is 8. The van der Waals surface area contributed by atoms with E-state index in [1.165, 1.54) is 4.88 Å². The summed E-state index contributed by atoms with van der Waals surface area (Å²) in [5.74, 6) is 0.741. The molecule has 6 heteroatoms. The Labute approximate surface area is 217 Å². The number of fused-ring (bicyclic) bond motifs is 1. The molecule has 0 amide bonds. The number of H-pyrrole nitrogens is 1. The Kier molecular flexibility index (Phi) is 7.27. The summed E-state index contributed by atoms with van der Waals surface area (Å²) in [6.07, 6.45) is 9.85. The van der Waals surface area contributed by atoms with E-state index in [0.717, 1.165) is 61.0 Å². The fraction of sp³-hybridized carbons (Fsp3) is 0.200. The molecule has 0 saturated heterocycles. The molecule has 4 aromatic rings. The molecule has 3 aromatic heterocycles. The zero-order valence-corrected chi connectivity index (χ0v) is 22.7. The lowest BCUT2D eigenvalue weighted by atomic mass is 9.96. The number of thiophene rings is 1. The van der Waals surface area contributed by atoms with Gasteiger partial charge >= 0.3 is 0 Å². The van der Waals surface area contributed by atoms with Gasteiger partial charge in [0.15, 0.2) is 0 Å². The number of allylic oxidation sites excluding steroid dienone is 4. The maximum absolute atomic E-state index is 5.00. The average molecular weight is 496 g/mol. The van der Waals surface area contributed by atoms with E-state index in [1.54, 1.807) is 11.3 Å². The van der Waals surface area contributed by atoms with E-state index in [9.17, 15) is 0 Å². The molecule has 0 unspecified atom stereocenters. The normalized spacial score (nSPS) is 12.2. The molecule has 0 aliphatic heterocycles. The van der Waals surface area contributed by atoms with Crippen LogP contribution in [0.15, 0.2) is 79.8 Å². The fourth-order valence-electron chi connectivity index (χ4n) is 4.17. The quantitative estimate of drug-likeness (QED) is 0.264. The van der Waals surface area contributed by atoms with Gasteiger partial charge in [0.05, 0.1) is 11.7 Å². The molecule has 5 nitrogen and oxygen atoms in total. The van der Waals surface area contributed by atoms with Gasteiger partial charge in [-0.1, -0.05) is 25.3 Å². The molecule has 0 spiro atoms. The van der Waals surface area contributed by atoms with E-state index in [4.69, 9.17) is 4.98 Å². The van der Waals surface area contributed by atoms with Crippen LogP contribution in [0.25, 0.3) is 32.6 Å². The van der Waals surface area contributed by atoms with Crippen molar-refractivity contribution in [2.24, 2.45) is 0 Å². The van der Waals surface area contributed by atoms with Crippen molar-refractivity contribution in [3.63, 3.8) is 0 Å². The monoisotopic (exact) mass is 495 g/mol. The van der Waals surface area contributed by atoms with Gasteiger partial charge in [-0.25, -0.2) is 4.98 Å². The third-order valence-electron chi connectivity index (χ3n) is 6.16. The van der Waals surface area contributed by atoms with Crippen molar-refractivity contribution in [2.75, 3.05) is 33.1 Å². The summed E-state index contributed by atoms with van der Waals surface area (Å²) in [5, 5.41) is 0. The van der Waals surface area contributed by atoms with Gasteiger partial charge in [-0.05, 0) is 61.4 Å². The molecule has 4 rings (SSSR count). The largest absolute Gasteiger partial charge is 0.378 e. The Morgan fingerprint density at radius 3 is 2.47 bits per heavy atom. The standard InChI is InChI=1S/C30H33N5S/c1-9-21(15-23(10-2)34(5)6)22-12-13-27(35(7)8)24(16-22)20(4)30-32-26-18-31-17-25(29(26)33-30)28-14-11-19(3)36-28/h9-18H,2,4H2,1,3,5-8H3,(H,32,33)/b21-9+,23-15+. The second-order valence-corrected chi connectivity index (χ2v) is 10.4. The third kappa shape index (κ3) is 4.90. The molecule has 1 aromatic carbocycles. The molecular weight excluding hydrogens is 462 g/mol. The number of imidazole rings is 1. The predicted molar refractivity (Wildman–Crippen MR) is 156 cm³/mol. The molecule has 36 heavy (non-hydrogen) atoms. The van der Waals surface area contributed by atoms with Gasteiger partial charge in [0.25, 0.3) is 0 Å². The van der Waals surface area contributed by atoms with Crippen LogP contribution in [0.3, 0.4) is 0 Å². The minimum atomic E-state index is 0.741. The number of nitrogens with one attached hydrogen (secondary N) is 1. The molecule has 0 saturated carbocycles. The van der Waals surface area contributed by atoms with Gasteiger partial charge in [0.2, 0.25) is 0 Å². The van der Waals surface area contributed by atoms with Crippen LogP contribution in [-0.4, -0.2) is 48.0 Å². The third-order valence-corrected chi connectivity index (χ3v) is 7.20. The van der Waals surface area contributed by atoms with E-state index in [0.29, 0.717) is 0 Å². The maximum atomic E-state index is 5.00. The number of likely N-dealkylation sites (N-methyl/N-ethyl adjacent to an activating group) is 1. The first-order chi connectivity index (χ1) is 17.2. The van der Waals surface area contributed by atoms with E-state index in [-0.39, 0.29) is 0 Å².